The first-order valence-electron chi connectivity index (χ1n) is 6.04. The summed E-state index contributed by atoms with van der Waals surface area (Å²) in [7, 11) is 1.86. The Kier molecular flexibility index (Phi) is 3.65. The molecular formula is C13H10Cl3N5. The molecule has 0 saturated heterocycles. The summed E-state index contributed by atoms with van der Waals surface area (Å²) in [4.78, 5) is 12.8. The van der Waals surface area contributed by atoms with Crippen molar-refractivity contribution in [3.05, 3.63) is 39.1 Å². The van der Waals surface area contributed by atoms with Crippen molar-refractivity contribution in [3.63, 3.8) is 0 Å². The normalized spacial score (nSPS) is 11.1. The van der Waals surface area contributed by atoms with Crippen LogP contribution in [0.3, 0.4) is 0 Å². The minimum Gasteiger partial charge on any atom is -0.313 e. The number of aryl methyl sites for hydroxylation is 2. The van der Waals surface area contributed by atoms with E-state index < -0.39 is 0 Å². The molecule has 0 aliphatic heterocycles. The lowest BCUT2D eigenvalue weighted by atomic mass is 10.3. The zero-order valence-electron chi connectivity index (χ0n) is 11.2. The van der Waals surface area contributed by atoms with E-state index in [-0.39, 0.29) is 0 Å². The van der Waals surface area contributed by atoms with Crippen molar-refractivity contribution in [1.82, 2.24) is 19.5 Å². The van der Waals surface area contributed by atoms with Crippen molar-refractivity contribution in [2.24, 2.45) is 7.05 Å². The Balaban J connectivity index is 2.06. The molecule has 3 aromatic rings. The van der Waals surface area contributed by atoms with Crippen LogP contribution in [-0.2, 0) is 7.05 Å². The molecule has 0 saturated carbocycles. The van der Waals surface area contributed by atoms with Gasteiger partial charge in [0.25, 0.3) is 0 Å². The summed E-state index contributed by atoms with van der Waals surface area (Å²) in [5.41, 5.74) is 2.35. The first-order valence-corrected chi connectivity index (χ1v) is 7.17. The number of benzene rings is 1. The molecule has 0 bridgehead atoms. The van der Waals surface area contributed by atoms with Crippen LogP contribution in [0.4, 0.5) is 11.9 Å². The van der Waals surface area contributed by atoms with Gasteiger partial charge in [0.2, 0.25) is 11.9 Å². The summed E-state index contributed by atoms with van der Waals surface area (Å²) in [6.45, 7) is 1.84. The highest BCUT2D eigenvalue weighted by molar-refractivity contribution is 6.42. The third kappa shape index (κ3) is 2.77. The number of rotatable bonds is 2. The van der Waals surface area contributed by atoms with Crippen LogP contribution in [-0.4, -0.2) is 19.5 Å². The van der Waals surface area contributed by atoms with Crippen LogP contribution in [0, 0.1) is 6.92 Å². The molecule has 0 atom stereocenters. The molecule has 0 amide bonds. The zero-order chi connectivity index (χ0) is 15.1. The second kappa shape index (κ2) is 5.33. The van der Waals surface area contributed by atoms with Crippen molar-refractivity contribution in [2.75, 3.05) is 5.32 Å². The SMILES string of the molecule is Cc1cc(Cl)nc(Nc2nc3cc(Cl)c(Cl)cc3n2C)n1. The third-order valence-corrected chi connectivity index (χ3v) is 3.89. The lowest BCUT2D eigenvalue weighted by Gasteiger charge is -2.05. The van der Waals surface area contributed by atoms with Crippen LogP contribution in [0.5, 0.6) is 0 Å². The number of imidazole rings is 1. The lowest BCUT2D eigenvalue weighted by Crippen LogP contribution is -2.03. The molecule has 3 rings (SSSR count). The Morgan fingerprint density at radius 2 is 1.71 bits per heavy atom. The fraction of sp³-hybridized carbons (Fsp3) is 0.154. The van der Waals surface area contributed by atoms with Gasteiger partial charge in [0.05, 0.1) is 21.1 Å². The summed E-state index contributed by atoms with van der Waals surface area (Å²) in [5.74, 6) is 0.959. The molecule has 2 heterocycles. The topological polar surface area (TPSA) is 55.6 Å². The van der Waals surface area contributed by atoms with Gasteiger partial charge >= 0.3 is 0 Å². The first kappa shape index (κ1) is 14.4. The molecule has 1 aromatic carbocycles. The van der Waals surface area contributed by atoms with Crippen molar-refractivity contribution in [3.8, 4) is 0 Å². The number of anilines is 2. The third-order valence-electron chi connectivity index (χ3n) is 2.97. The maximum atomic E-state index is 6.04. The molecule has 2 aromatic heterocycles. The zero-order valence-corrected chi connectivity index (χ0v) is 13.4. The number of hydrogen-bond acceptors (Lipinski definition) is 4. The molecule has 0 fully saturated rings. The number of nitrogens with one attached hydrogen (secondary N) is 1. The summed E-state index contributed by atoms with van der Waals surface area (Å²) < 4.78 is 1.84. The summed E-state index contributed by atoms with van der Waals surface area (Å²) in [6.07, 6.45) is 0. The maximum Gasteiger partial charge on any atom is 0.231 e. The molecular weight excluding hydrogens is 333 g/mol. The average Bonchev–Trinajstić information content (AvgIpc) is 2.66. The fourth-order valence-corrected chi connectivity index (χ4v) is 2.54. The van der Waals surface area contributed by atoms with Crippen LogP contribution in [0.15, 0.2) is 18.2 Å². The fourth-order valence-electron chi connectivity index (χ4n) is 1.99. The van der Waals surface area contributed by atoms with E-state index in [1.807, 2.05) is 18.5 Å². The van der Waals surface area contributed by atoms with Crippen LogP contribution in [0.1, 0.15) is 5.69 Å². The molecule has 0 aliphatic carbocycles. The van der Waals surface area contributed by atoms with Crippen molar-refractivity contribution >= 4 is 57.7 Å². The van der Waals surface area contributed by atoms with Gasteiger partial charge < -0.3 is 4.57 Å². The Morgan fingerprint density at radius 3 is 2.43 bits per heavy atom. The molecule has 0 radical (unpaired) electrons. The second-order valence-electron chi connectivity index (χ2n) is 4.53. The van der Waals surface area contributed by atoms with Gasteiger partial charge in [0.15, 0.2) is 0 Å². The van der Waals surface area contributed by atoms with E-state index in [9.17, 15) is 0 Å². The van der Waals surface area contributed by atoms with Gasteiger partial charge in [0, 0.05) is 12.7 Å². The monoisotopic (exact) mass is 341 g/mol. The number of nitrogens with zero attached hydrogens (tertiary/aromatic N) is 4. The summed E-state index contributed by atoms with van der Waals surface area (Å²) in [5, 5.41) is 4.35. The molecule has 5 nitrogen and oxygen atoms in total. The van der Waals surface area contributed by atoms with E-state index in [4.69, 9.17) is 34.8 Å². The van der Waals surface area contributed by atoms with E-state index >= 15 is 0 Å². The molecule has 108 valence electrons. The second-order valence-corrected chi connectivity index (χ2v) is 5.73. The van der Waals surface area contributed by atoms with Gasteiger partial charge in [-0.2, -0.15) is 0 Å². The predicted molar refractivity (Wildman–Crippen MR) is 85.8 cm³/mol. The van der Waals surface area contributed by atoms with E-state index in [2.05, 4.69) is 20.3 Å². The molecule has 0 unspecified atom stereocenters. The quantitative estimate of drug-likeness (QED) is 0.702. The number of aromatic nitrogens is 4. The molecule has 8 heteroatoms. The average molecular weight is 343 g/mol. The molecule has 0 spiro atoms. The van der Waals surface area contributed by atoms with E-state index in [1.165, 1.54) is 0 Å². The Bertz CT molecular complexity index is 823. The lowest BCUT2D eigenvalue weighted by molar-refractivity contribution is 0.948. The standard InChI is InChI=1S/C13H10Cl3N5/c1-6-3-11(16)19-12(17-6)20-13-18-9-4-7(14)8(15)5-10(9)21(13)2/h3-5H,1-2H3,(H,17,18,19,20). The highest BCUT2D eigenvalue weighted by atomic mass is 35.5. The van der Waals surface area contributed by atoms with Crippen molar-refractivity contribution in [1.29, 1.82) is 0 Å². The highest BCUT2D eigenvalue weighted by Gasteiger charge is 2.12. The van der Waals surface area contributed by atoms with E-state index in [1.54, 1.807) is 18.2 Å². The Labute approximate surface area is 135 Å². The van der Waals surface area contributed by atoms with Gasteiger partial charge in [-0.3, -0.25) is 5.32 Å². The number of hydrogen-bond donors (Lipinski definition) is 1. The Morgan fingerprint density at radius 1 is 1.00 bits per heavy atom. The van der Waals surface area contributed by atoms with Gasteiger partial charge in [-0.05, 0) is 25.1 Å². The smallest absolute Gasteiger partial charge is 0.231 e. The summed E-state index contributed by atoms with van der Waals surface area (Å²) in [6, 6.07) is 5.16. The van der Waals surface area contributed by atoms with Crippen LogP contribution >= 0.6 is 34.8 Å². The van der Waals surface area contributed by atoms with Crippen LogP contribution in [0.2, 0.25) is 15.2 Å². The number of halogens is 3. The van der Waals surface area contributed by atoms with Gasteiger partial charge in [-0.25, -0.2) is 15.0 Å². The summed E-state index contributed by atoms with van der Waals surface area (Å²) >= 11 is 18.0. The van der Waals surface area contributed by atoms with Crippen LogP contribution < -0.4 is 5.32 Å². The molecule has 21 heavy (non-hydrogen) atoms. The predicted octanol–water partition coefficient (Wildman–Crippen LogP) is 4.38. The minimum absolute atomic E-state index is 0.370. The largest absolute Gasteiger partial charge is 0.313 e. The molecule has 0 aliphatic rings. The number of fused-ring (bicyclic) bond motifs is 1. The van der Waals surface area contributed by atoms with Crippen LogP contribution in [0.25, 0.3) is 11.0 Å². The van der Waals surface area contributed by atoms with Crippen molar-refractivity contribution < 1.29 is 0 Å². The maximum absolute atomic E-state index is 6.04. The van der Waals surface area contributed by atoms with E-state index in [0.29, 0.717) is 27.1 Å². The van der Waals surface area contributed by atoms with Gasteiger partial charge in [0.1, 0.15) is 5.15 Å². The van der Waals surface area contributed by atoms with E-state index in [0.717, 1.165) is 16.7 Å². The molecule has 1 N–H and O–H groups in total. The van der Waals surface area contributed by atoms with Gasteiger partial charge in [-0.15, -0.1) is 0 Å². The first-order chi connectivity index (χ1) is 9.94. The Hall–Kier alpha value is -1.56. The highest BCUT2D eigenvalue weighted by Crippen LogP contribution is 2.29. The van der Waals surface area contributed by atoms with Gasteiger partial charge in [-0.1, -0.05) is 34.8 Å². The minimum atomic E-state index is 0.370. The van der Waals surface area contributed by atoms with Crippen molar-refractivity contribution in [2.45, 2.75) is 6.92 Å².